The second kappa shape index (κ2) is 11.0. The van der Waals surface area contributed by atoms with Crippen LogP contribution in [0, 0.1) is 0 Å². The van der Waals surface area contributed by atoms with E-state index in [1.165, 1.54) is 11.4 Å². The van der Waals surface area contributed by atoms with Crippen molar-refractivity contribution >= 4 is 28.9 Å². The van der Waals surface area contributed by atoms with Crippen LogP contribution in [-0.4, -0.2) is 12.4 Å². The Bertz CT molecular complexity index is 155. The van der Waals surface area contributed by atoms with Gasteiger partial charge < -0.3 is 9.42 Å². The van der Waals surface area contributed by atoms with Crippen LogP contribution >= 0.6 is 17.1 Å². The van der Waals surface area contributed by atoms with Gasteiger partial charge in [-0.3, -0.25) is 0 Å². The number of hydrogen-bond acceptors (Lipinski definition) is 4. The van der Waals surface area contributed by atoms with Crippen LogP contribution in [-0.2, 0) is 35.8 Å². The Morgan fingerprint density at radius 1 is 1.29 bits per heavy atom. The molecule has 0 aliphatic rings. The Hall–Kier alpha value is 1.54. The number of rotatable bonds is 8. The summed E-state index contributed by atoms with van der Waals surface area (Å²) in [6.07, 6.45) is 4.16. The standard InChI is InChI=1S/C8H19O2PS2.Zn/c1-3-5-7-10-11(9,12)13-8-6-4-2;/h3-8H2,1-2H3,(H,9,12);/p-1. The van der Waals surface area contributed by atoms with Crippen LogP contribution in [0.1, 0.15) is 39.5 Å². The Balaban J connectivity index is 0. The molecule has 0 saturated heterocycles. The first-order chi connectivity index (χ1) is 6.12. The van der Waals surface area contributed by atoms with Crippen LogP contribution in [0.25, 0.3) is 0 Å². The Kier molecular flexibility index (Phi) is 14.1. The van der Waals surface area contributed by atoms with E-state index in [-0.39, 0.29) is 19.5 Å². The quantitative estimate of drug-likeness (QED) is 0.392. The molecule has 1 atom stereocenters. The van der Waals surface area contributed by atoms with Crippen LogP contribution < -0.4 is 4.89 Å². The molecule has 0 aromatic rings. The zero-order valence-electron chi connectivity index (χ0n) is 9.03. The first kappa shape index (κ1) is 17.9. The number of hydrogen-bond donors (Lipinski definition) is 0. The van der Waals surface area contributed by atoms with Crippen molar-refractivity contribution in [3.63, 3.8) is 0 Å². The van der Waals surface area contributed by atoms with E-state index in [4.69, 9.17) is 16.3 Å². The summed E-state index contributed by atoms with van der Waals surface area (Å²) in [5, 5.41) is 0. The van der Waals surface area contributed by atoms with Gasteiger partial charge in [-0.1, -0.05) is 38.5 Å². The van der Waals surface area contributed by atoms with Crippen molar-refractivity contribution in [2.45, 2.75) is 39.5 Å². The van der Waals surface area contributed by atoms with Crippen LogP contribution in [0.3, 0.4) is 0 Å². The predicted molar refractivity (Wildman–Crippen MR) is 62.5 cm³/mol. The van der Waals surface area contributed by atoms with E-state index in [1.54, 1.807) is 0 Å². The molecule has 0 aromatic carbocycles. The molecule has 0 aliphatic carbocycles. The van der Waals surface area contributed by atoms with Crippen molar-refractivity contribution in [1.82, 2.24) is 0 Å². The monoisotopic (exact) mass is 305 g/mol. The summed E-state index contributed by atoms with van der Waals surface area (Å²) in [7, 11) is 0. The summed E-state index contributed by atoms with van der Waals surface area (Å²) in [5.41, 5.74) is -2.75. The van der Waals surface area contributed by atoms with Crippen LogP contribution in [0.4, 0.5) is 0 Å². The molecular weight excluding hydrogens is 289 g/mol. The summed E-state index contributed by atoms with van der Waals surface area (Å²) < 4.78 is 5.15. The molecule has 0 rings (SSSR count). The molecule has 1 unspecified atom stereocenters. The average Bonchev–Trinajstić information content (AvgIpc) is 2.05. The fourth-order valence-corrected chi connectivity index (χ4v) is 4.15. The van der Waals surface area contributed by atoms with Gasteiger partial charge in [0.25, 0.3) is 0 Å². The molecule has 2 nitrogen and oxygen atoms in total. The maximum Gasteiger partial charge on any atom is 0.0513 e. The molecule has 0 radical (unpaired) electrons. The SMILES string of the molecule is CCCCOP([O-])(=S)SCCCC.[Zn]. The van der Waals surface area contributed by atoms with Crippen molar-refractivity contribution in [3.8, 4) is 0 Å². The Labute approximate surface area is 109 Å². The van der Waals surface area contributed by atoms with Gasteiger partial charge in [-0.05, 0) is 18.6 Å². The molecule has 0 heterocycles. The van der Waals surface area contributed by atoms with Crippen molar-refractivity contribution in [2.24, 2.45) is 0 Å². The van der Waals surface area contributed by atoms with E-state index < -0.39 is 5.69 Å². The largest absolute Gasteiger partial charge is 0.793 e. The van der Waals surface area contributed by atoms with Crippen LogP contribution in [0.5, 0.6) is 0 Å². The van der Waals surface area contributed by atoms with E-state index in [2.05, 4.69) is 13.8 Å². The van der Waals surface area contributed by atoms with Gasteiger partial charge in [0.2, 0.25) is 0 Å². The molecule has 0 bridgehead atoms. The minimum Gasteiger partial charge on any atom is -0.793 e. The second-order valence-electron chi connectivity index (χ2n) is 2.82. The summed E-state index contributed by atoms with van der Waals surface area (Å²) in [6, 6.07) is 0. The van der Waals surface area contributed by atoms with Crippen molar-refractivity contribution in [3.05, 3.63) is 0 Å². The smallest absolute Gasteiger partial charge is 0.0513 e. The van der Waals surface area contributed by atoms with Gasteiger partial charge in [0.15, 0.2) is 0 Å². The summed E-state index contributed by atoms with van der Waals surface area (Å²) in [6.45, 7) is 4.71. The maximum absolute atomic E-state index is 11.5. The summed E-state index contributed by atoms with van der Waals surface area (Å²) in [5.74, 6) is 0.851. The van der Waals surface area contributed by atoms with Gasteiger partial charge in [-0.15, -0.1) is 11.4 Å². The maximum atomic E-state index is 11.5. The molecule has 0 aromatic heterocycles. The second-order valence-corrected chi connectivity index (χ2v) is 8.99. The van der Waals surface area contributed by atoms with Gasteiger partial charge >= 0.3 is 0 Å². The fraction of sp³-hybridized carbons (Fsp3) is 1.00. The Morgan fingerprint density at radius 3 is 2.36 bits per heavy atom. The molecular formula is C8H18O2PS2Zn-. The molecule has 0 saturated carbocycles. The van der Waals surface area contributed by atoms with Crippen molar-refractivity contribution in [1.29, 1.82) is 0 Å². The van der Waals surface area contributed by atoms with Crippen molar-refractivity contribution in [2.75, 3.05) is 12.4 Å². The molecule has 0 fully saturated rings. The van der Waals surface area contributed by atoms with Gasteiger partial charge in [0.05, 0.1) is 6.61 Å². The topological polar surface area (TPSA) is 32.3 Å². The van der Waals surface area contributed by atoms with Gasteiger partial charge in [-0.25, -0.2) is 0 Å². The minimum absolute atomic E-state index is 0. The van der Waals surface area contributed by atoms with E-state index in [0.29, 0.717) is 6.61 Å². The van der Waals surface area contributed by atoms with Gasteiger partial charge in [0, 0.05) is 25.2 Å². The Morgan fingerprint density at radius 2 is 1.86 bits per heavy atom. The summed E-state index contributed by atoms with van der Waals surface area (Å²) in [4.78, 5) is 11.5. The van der Waals surface area contributed by atoms with Crippen molar-refractivity contribution < 1.29 is 28.9 Å². The molecule has 0 aliphatic heterocycles. The number of unbranched alkanes of at least 4 members (excludes halogenated alkanes) is 2. The van der Waals surface area contributed by atoms with E-state index in [0.717, 1.165) is 31.4 Å². The van der Waals surface area contributed by atoms with Gasteiger partial charge in [-0.2, -0.15) is 0 Å². The molecule has 0 spiro atoms. The predicted octanol–water partition coefficient (Wildman–Crippen LogP) is 2.92. The van der Waals surface area contributed by atoms with E-state index >= 15 is 0 Å². The molecule has 6 heteroatoms. The fourth-order valence-electron chi connectivity index (χ4n) is 0.679. The average molecular weight is 307 g/mol. The zero-order chi connectivity index (χ0) is 10.2. The molecule has 82 valence electrons. The molecule has 14 heavy (non-hydrogen) atoms. The zero-order valence-corrected chi connectivity index (χ0v) is 14.5. The normalized spacial score (nSPS) is 14.5. The van der Waals surface area contributed by atoms with Crippen LogP contribution in [0.2, 0.25) is 0 Å². The minimum atomic E-state index is -2.75. The van der Waals surface area contributed by atoms with E-state index in [9.17, 15) is 4.89 Å². The van der Waals surface area contributed by atoms with Gasteiger partial charge in [0.1, 0.15) is 0 Å². The third-order valence-electron chi connectivity index (χ3n) is 1.49. The first-order valence-corrected chi connectivity index (χ1v) is 8.95. The third-order valence-corrected chi connectivity index (χ3v) is 5.86. The first-order valence-electron chi connectivity index (χ1n) is 4.72. The third kappa shape index (κ3) is 11.6. The van der Waals surface area contributed by atoms with E-state index in [1.807, 2.05) is 0 Å². The molecule has 0 amide bonds. The van der Waals surface area contributed by atoms with Crippen LogP contribution in [0.15, 0.2) is 0 Å². The summed E-state index contributed by atoms with van der Waals surface area (Å²) >= 11 is 6.17. The molecule has 0 N–H and O–H groups in total.